The van der Waals surface area contributed by atoms with Crippen LogP contribution in [0.15, 0.2) is 73.1 Å². The molecule has 0 aliphatic carbocycles. The zero-order valence-corrected chi connectivity index (χ0v) is 18.2. The summed E-state index contributed by atoms with van der Waals surface area (Å²) in [6.07, 6.45) is 3.27. The number of methoxy groups -OCH3 is 2. The van der Waals surface area contributed by atoms with Gasteiger partial charge < -0.3 is 14.8 Å². The lowest BCUT2D eigenvalue weighted by Gasteiger charge is -2.41. The van der Waals surface area contributed by atoms with Crippen LogP contribution in [0, 0.1) is 0 Å². The number of nitrogens with one attached hydrogen (secondary N) is 1. The number of nitrogens with zero attached hydrogens (tertiary/aromatic N) is 2. The molecule has 2 heterocycles. The normalized spacial score (nSPS) is 17.2. The number of aromatic nitrogens is 1. The number of anilines is 1. The van der Waals surface area contributed by atoms with Crippen molar-refractivity contribution in [3.05, 3.63) is 89.7 Å². The topological polar surface area (TPSA) is 97.8 Å². The van der Waals surface area contributed by atoms with Crippen molar-refractivity contribution >= 4 is 23.5 Å². The van der Waals surface area contributed by atoms with Crippen molar-refractivity contribution in [2.24, 2.45) is 0 Å². The SMILES string of the molecule is COC(=O)CNC(=O)[C@@H]1c2ccccc2C(=O)N(c2ccc(OC)cc2)[C@H]1c1cccnc1. The molecule has 0 unspecified atom stereocenters. The van der Waals surface area contributed by atoms with Crippen molar-refractivity contribution in [2.45, 2.75) is 12.0 Å². The Kier molecular flexibility index (Phi) is 6.35. The van der Waals surface area contributed by atoms with E-state index in [0.717, 1.165) is 0 Å². The van der Waals surface area contributed by atoms with E-state index in [1.807, 2.05) is 6.07 Å². The number of carbonyl (C=O) groups is 3. The van der Waals surface area contributed by atoms with E-state index in [4.69, 9.17) is 4.74 Å². The first-order chi connectivity index (χ1) is 16.0. The van der Waals surface area contributed by atoms with Crippen LogP contribution in [0.25, 0.3) is 0 Å². The van der Waals surface area contributed by atoms with Gasteiger partial charge in [0.2, 0.25) is 5.91 Å². The van der Waals surface area contributed by atoms with Crippen LogP contribution >= 0.6 is 0 Å². The number of ether oxygens (including phenoxy) is 2. The van der Waals surface area contributed by atoms with Gasteiger partial charge in [-0.25, -0.2) is 0 Å². The van der Waals surface area contributed by atoms with E-state index in [9.17, 15) is 14.4 Å². The summed E-state index contributed by atoms with van der Waals surface area (Å²) >= 11 is 0. The van der Waals surface area contributed by atoms with Crippen molar-refractivity contribution in [3.63, 3.8) is 0 Å². The fourth-order valence-electron chi connectivity index (χ4n) is 4.08. The third-order valence-electron chi connectivity index (χ3n) is 5.63. The minimum Gasteiger partial charge on any atom is -0.497 e. The summed E-state index contributed by atoms with van der Waals surface area (Å²) in [5, 5.41) is 2.66. The summed E-state index contributed by atoms with van der Waals surface area (Å²) in [6, 6.07) is 17.0. The Morgan fingerprint density at radius 1 is 1.03 bits per heavy atom. The zero-order valence-electron chi connectivity index (χ0n) is 18.2. The fraction of sp³-hybridized carbons (Fsp3) is 0.200. The molecule has 0 radical (unpaired) electrons. The molecule has 1 aliphatic heterocycles. The largest absolute Gasteiger partial charge is 0.497 e. The summed E-state index contributed by atoms with van der Waals surface area (Å²) < 4.78 is 9.91. The number of rotatable bonds is 6. The molecule has 0 bridgehead atoms. The van der Waals surface area contributed by atoms with Gasteiger partial charge in [0.1, 0.15) is 12.3 Å². The Hall–Kier alpha value is -4.20. The lowest BCUT2D eigenvalue weighted by Crippen LogP contribution is -2.48. The number of benzene rings is 2. The van der Waals surface area contributed by atoms with Gasteiger partial charge in [0.25, 0.3) is 5.91 Å². The van der Waals surface area contributed by atoms with Gasteiger partial charge in [0.15, 0.2) is 0 Å². The number of hydrogen-bond acceptors (Lipinski definition) is 6. The van der Waals surface area contributed by atoms with Crippen LogP contribution in [0.2, 0.25) is 0 Å². The molecule has 33 heavy (non-hydrogen) atoms. The van der Waals surface area contributed by atoms with Crippen molar-refractivity contribution in [1.82, 2.24) is 10.3 Å². The maximum atomic E-state index is 13.7. The molecule has 4 rings (SSSR count). The van der Waals surface area contributed by atoms with Crippen LogP contribution in [-0.2, 0) is 14.3 Å². The third kappa shape index (κ3) is 4.27. The van der Waals surface area contributed by atoms with Gasteiger partial charge >= 0.3 is 5.97 Å². The molecule has 8 heteroatoms. The molecule has 0 fully saturated rings. The molecule has 0 saturated heterocycles. The summed E-state index contributed by atoms with van der Waals surface area (Å²) in [6.45, 7) is -0.274. The lowest BCUT2D eigenvalue weighted by atomic mass is 9.79. The fourth-order valence-corrected chi connectivity index (χ4v) is 4.08. The van der Waals surface area contributed by atoms with Crippen LogP contribution in [0.4, 0.5) is 5.69 Å². The molecule has 3 aromatic rings. The Morgan fingerprint density at radius 2 is 1.79 bits per heavy atom. The lowest BCUT2D eigenvalue weighted by molar-refractivity contribution is -0.141. The smallest absolute Gasteiger partial charge is 0.325 e. The molecule has 1 N–H and O–H groups in total. The molecule has 0 saturated carbocycles. The van der Waals surface area contributed by atoms with Crippen LogP contribution in [-0.4, -0.2) is 43.5 Å². The maximum absolute atomic E-state index is 13.7. The predicted molar refractivity (Wildman–Crippen MR) is 121 cm³/mol. The average molecular weight is 445 g/mol. The van der Waals surface area contributed by atoms with Gasteiger partial charge in [-0.1, -0.05) is 24.3 Å². The highest BCUT2D eigenvalue weighted by molar-refractivity contribution is 6.11. The minimum atomic E-state index is -0.783. The second-order valence-electron chi connectivity index (χ2n) is 7.46. The molecule has 1 aromatic heterocycles. The Labute approximate surface area is 191 Å². The number of pyridine rings is 1. The molecule has 1 aliphatic rings. The number of carbonyl (C=O) groups excluding carboxylic acids is 3. The number of amides is 2. The van der Waals surface area contributed by atoms with Gasteiger partial charge in [0.05, 0.1) is 26.2 Å². The highest BCUT2D eigenvalue weighted by atomic mass is 16.5. The first-order valence-corrected chi connectivity index (χ1v) is 10.4. The van der Waals surface area contributed by atoms with E-state index in [1.165, 1.54) is 7.11 Å². The summed E-state index contributed by atoms with van der Waals surface area (Å²) in [5.41, 5.74) is 2.31. The Morgan fingerprint density at radius 3 is 2.45 bits per heavy atom. The summed E-state index contributed by atoms with van der Waals surface area (Å²) in [7, 11) is 2.82. The van der Waals surface area contributed by atoms with Crippen LogP contribution in [0.3, 0.4) is 0 Å². The van der Waals surface area contributed by atoms with Crippen LogP contribution in [0.5, 0.6) is 5.75 Å². The van der Waals surface area contributed by atoms with Gasteiger partial charge in [-0.3, -0.25) is 24.3 Å². The van der Waals surface area contributed by atoms with Crippen molar-refractivity contribution < 1.29 is 23.9 Å². The highest BCUT2D eigenvalue weighted by Gasteiger charge is 2.45. The molecule has 168 valence electrons. The van der Waals surface area contributed by atoms with E-state index in [0.29, 0.717) is 28.1 Å². The monoisotopic (exact) mass is 445 g/mol. The van der Waals surface area contributed by atoms with E-state index < -0.39 is 23.8 Å². The van der Waals surface area contributed by atoms with Crippen molar-refractivity contribution in [2.75, 3.05) is 25.7 Å². The highest BCUT2D eigenvalue weighted by Crippen LogP contribution is 2.45. The maximum Gasteiger partial charge on any atom is 0.325 e. The van der Waals surface area contributed by atoms with Crippen LogP contribution < -0.4 is 15.0 Å². The van der Waals surface area contributed by atoms with Gasteiger partial charge in [-0.05, 0) is 47.5 Å². The second-order valence-corrected chi connectivity index (χ2v) is 7.46. The minimum absolute atomic E-state index is 0.235. The first-order valence-electron chi connectivity index (χ1n) is 10.4. The summed E-state index contributed by atoms with van der Waals surface area (Å²) in [5.74, 6) is -1.33. The average Bonchev–Trinajstić information content (AvgIpc) is 2.87. The third-order valence-corrected chi connectivity index (χ3v) is 5.63. The van der Waals surface area contributed by atoms with Crippen LogP contribution in [0.1, 0.15) is 33.4 Å². The van der Waals surface area contributed by atoms with E-state index in [2.05, 4.69) is 15.0 Å². The molecule has 2 aromatic carbocycles. The van der Waals surface area contributed by atoms with E-state index in [-0.39, 0.29) is 12.5 Å². The molecular weight excluding hydrogens is 422 g/mol. The molecule has 2 amide bonds. The van der Waals surface area contributed by atoms with Crippen molar-refractivity contribution in [1.29, 1.82) is 0 Å². The first kappa shape index (κ1) is 22.0. The standard InChI is InChI=1S/C25H23N3O5/c1-32-18-11-9-17(10-12-18)28-23(16-6-5-13-26-14-16)22(24(30)27-15-21(29)33-2)19-7-3-4-8-20(19)25(28)31/h3-14,22-23H,15H2,1-2H3,(H,27,30)/t22-,23+/m1/s1. The summed E-state index contributed by atoms with van der Waals surface area (Å²) in [4.78, 5) is 44.6. The van der Waals surface area contributed by atoms with Gasteiger partial charge in [-0.15, -0.1) is 0 Å². The molecule has 2 atom stereocenters. The molecule has 0 spiro atoms. The van der Waals surface area contributed by atoms with Crippen molar-refractivity contribution in [3.8, 4) is 5.75 Å². The zero-order chi connectivity index (χ0) is 23.4. The Bertz CT molecular complexity index is 1160. The van der Waals surface area contributed by atoms with E-state index in [1.54, 1.807) is 79.0 Å². The van der Waals surface area contributed by atoms with E-state index >= 15 is 0 Å². The Balaban J connectivity index is 1.87. The number of hydrogen-bond donors (Lipinski definition) is 1. The quantitative estimate of drug-likeness (QED) is 0.586. The van der Waals surface area contributed by atoms with Gasteiger partial charge in [0, 0.05) is 23.6 Å². The predicted octanol–water partition coefficient (Wildman–Crippen LogP) is 2.86. The molecular formula is C25H23N3O5. The second kappa shape index (κ2) is 9.52. The number of fused-ring (bicyclic) bond motifs is 1. The molecule has 8 nitrogen and oxygen atoms in total. The van der Waals surface area contributed by atoms with Gasteiger partial charge in [-0.2, -0.15) is 0 Å². The number of esters is 1.